The highest BCUT2D eigenvalue weighted by molar-refractivity contribution is 14.0. The number of rotatable bonds is 7. The molecule has 6 nitrogen and oxygen atoms in total. The Bertz CT molecular complexity index is 555. The minimum atomic E-state index is 0. The molecule has 2 aliphatic carbocycles. The summed E-state index contributed by atoms with van der Waals surface area (Å²) in [5.41, 5.74) is 0. The fourth-order valence-electron chi connectivity index (χ4n) is 3.93. The first-order valence-electron chi connectivity index (χ1n) is 8.82. The number of aryl methyl sites for hydroxylation is 1. The molecule has 7 heteroatoms. The Labute approximate surface area is 161 Å². The van der Waals surface area contributed by atoms with Crippen LogP contribution in [0.3, 0.4) is 0 Å². The van der Waals surface area contributed by atoms with Crippen molar-refractivity contribution in [2.24, 2.45) is 16.8 Å². The van der Waals surface area contributed by atoms with E-state index >= 15 is 0 Å². The zero-order valence-corrected chi connectivity index (χ0v) is 16.8. The summed E-state index contributed by atoms with van der Waals surface area (Å²) >= 11 is 0. The van der Waals surface area contributed by atoms with Gasteiger partial charge in [-0.2, -0.15) is 0 Å². The first kappa shape index (κ1) is 19.2. The third-order valence-electron chi connectivity index (χ3n) is 5.10. The van der Waals surface area contributed by atoms with Gasteiger partial charge in [0.1, 0.15) is 12.2 Å². The molecule has 1 heterocycles. The topological polar surface area (TPSA) is 67.1 Å². The van der Waals surface area contributed by atoms with Gasteiger partial charge in [0.05, 0.1) is 6.54 Å². The summed E-state index contributed by atoms with van der Waals surface area (Å²) in [6.45, 7) is 8.14. The van der Waals surface area contributed by atoms with Crippen molar-refractivity contribution in [3.63, 3.8) is 0 Å². The van der Waals surface area contributed by atoms with E-state index in [0.717, 1.165) is 49.7 Å². The van der Waals surface area contributed by atoms with Crippen molar-refractivity contribution in [1.82, 2.24) is 25.4 Å². The molecular weight excluding hydrogens is 415 g/mol. The van der Waals surface area contributed by atoms with E-state index in [4.69, 9.17) is 4.99 Å². The average Bonchev–Trinajstić information content (AvgIpc) is 3.28. The SMILES string of the molecule is C=CCNC(=NCCn1cnnc1CC)NC1CC2CCC1C2.I. The Morgan fingerprint density at radius 3 is 3.00 bits per heavy atom. The van der Waals surface area contributed by atoms with E-state index in [9.17, 15) is 0 Å². The van der Waals surface area contributed by atoms with Crippen LogP contribution < -0.4 is 10.6 Å². The third kappa shape index (κ3) is 4.70. The van der Waals surface area contributed by atoms with Crippen molar-refractivity contribution >= 4 is 29.9 Å². The van der Waals surface area contributed by atoms with Gasteiger partial charge in [-0.05, 0) is 31.1 Å². The second kappa shape index (κ2) is 9.39. The van der Waals surface area contributed by atoms with Crippen LogP contribution in [0.1, 0.15) is 38.4 Å². The summed E-state index contributed by atoms with van der Waals surface area (Å²) in [5.74, 6) is 3.69. The molecule has 0 spiro atoms. The predicted octanol–water partition coefficient (Wildman–Crippen LogP) is 2.37. The van der Waals surface area contributed by atoms with E-state index in [2.05, 4.69) is 38.9 Å². The largest absolute Gasteiger partial charge is 0.353 e. The summed E-state index contributed by atoms with van der Waals surface area (Å²) in [4.78, 5) is 4.73. The van der Waals surface area contributed by atoms with Crippen LogP contribution in [0, 0.1) is 11.8 Å². The minimum Gasteiger partial charge on any atom is -0.353 e. The zero-order chi connectivity index (χ0) is 16.1. The van der Waals surface area contributed by atoms with Crippen LogP contribution in [-0.2, 0) is 13.0 Å². The van der Waals surface area contributed by atoms with Gasteiger partial charge in [0.25, 0.3) is 0 Å². The Balaban J connectivity index is 0.00000208. The normalized spacial score (nSPS) is 25.4. The molecule has 2 fully saturated rings. The lowest BCUT2D eigenvalue weighted by Gasteiger charge is -2.25. The van der Waals surface area contributed by atoms with Crippen molar-refractivity contribution in [1.29, 1.82) is 0 Å². The highest BCUT2D eigenvalue weighted by atomic mass is 127. The van der Waals surface area contributed by atoms with Crippen LogP contribution >= 0.6 is 24.0 Å². The number of aliphatic imine (C=N–C) groups is 1. The van der Waals surface area contributed by atoms with E-state index < -0.39 is 0 Å². The lowest BCUT2D eigenvalue weighted by molar-refractivity contribution is 0.387. The molecule has 1 aromatic heterocycles. The van der Waals surface area contributed by atoms with Gasteiger partial charge in [0.15, 0.2) is 5.96 Å². The van der Waals surface area contributed by atoms with Crippen LogP contribution in [0.4, 0.5) is 0 Å². The Hall–Kier alpha value is -1.12. The van der Waals surface area contributed by atoms with Gasteiger partial charge >= 0.3 is 0 Å². The summed E-state index contributed by atoms with van der Waals surface area (Å²) in [5, 5.41) is 15.1. The first-order valence-corrected chi connectivity index (χ1v) is 8.82. The number of aromatic nitrogens is 3. The number of halogens is 1. The van der Waals surface area contributed by atoms with E-state index in [1.54, 1.807) is 6.33 Å². The fraction of sp³-hybridized carbons (Fsp3) is 0.706. The maximum absolute atomic E-state index is 4.73. The number of fused-ring (bicyclic) bond motifs is 2. The van der Waals surface area contributed by atoms with E-state index in [-0.39, 0.29) is 24.0 Å². The monoisotopic (exact) mass is 444 g/mol. The summed E-state index contributed by atoms with van der Waals surface area (Å²) in [7, 11) is 0. The van der Waals surface area contributed by atoms with Gasteiger partial charge in [-0.15, -0.1) is 40.8 Å². The number of hydrogen-bond acceptors (Lipinski definition) is 3. The molecular formula is C17H29IN6. The Morgan fingerprint density at radius 1 is 1.46 bits per heavy atom. The second-order valence-corrected chi connectivity index (χ2v) is 6.62. The van der Waals surface area contributed by atoms with Gasteiger partial charge < -0.3 is 15.2 Å². The predicted molar refractivity (Wildman–Crippen MR) is 108 cm³/mol. The van der Waals surface area contributed by atoms with Gasteiger partial charge in [0, 0.05) is 25.6 Å². The highest BCUT2D eigenvalue weighted by Gasteiger charge is 2.39. The minimum absolute atomic E-state index is 0. The van der Waals surface area contributed by atoms with Crippen molar-refractivity contribution in [3.8, 4) is 0 Å². The lowest BCUT2D eigenvalue weighted by atomic mass is 9.95. The third-order valence-corrected chi connectivity index (χ3v) is 5.10. The molecule has 0 radical (unpaired) electrons. The zero-order valence-electron chi connectivity index (χ0n) is 14.4. The molecule has 0 amide bonds. The number of nitrogens with one attached hydrogen (secondary N) is 2. The second-order valence-electron chi connectivity index (χ2n) is 6.62. The van der Waals surface area contributed by atoms with Crippen molar-refractivity contribution < 1.29 is 0 Å². The van der Waals surface area contributed by atoms with Gasteiger partial charge in [0.2, 0.25) is 0 Å². The quantitative estimate of drug-likeness (QED) is 0.293. The highest BCUT2D eigenvalue weighted by Crippen LogP contribution is 2.44. The molecule has 3 unspecified atom stereocenters. The molecule has 0 aliphatic heterocycles. The number of hydrogen-bond donors (Lipinski definition) is 2. The Kier molecular flexibility index (Phi) is 7.51. The first-order chi connectivity index (χ1) is 11.3. The van der Waals surface area contributed by atoms with Crippen molar-refractivity contribution in [2.45, 2.75) is 51.6 Å². The van der Waals surface area contributed by atoms with E-state index in [0.29, 0.717) is 6.04 Å². The van der Waals surface area contributed by atoms with Crippen LogP contribution in [0.25, 0.3) is 0 Å². The van der Waals surface area contributed by atoms with Crippen molar-refractivity contribution in [2.75, 3.05) is 13.1 Å². The van der Waals surface area contributed by atoms with Crippen LogP contribution in [0.15, 0.2) is 24.0 Å². The molecule has 24 heavy (non-hydrogen) atoms. The van der Waals surface area contributed by atoms with Crippen molar-refractivity contribution in [3.05, 3.63) is 24.8 Å². The molecule has 2 N–H and O–H groups in total. The number of nitrogens with zero attached hydrogens (tertiary/aromatic N) is 4. The van der Waals surface area contributed by atoms with E-state index in [1.165, 1.54) is 25.7 Å². The fourth-order valence-corrected chi connectivity index (χ4v) is 3.93. The molecule has 3 rings (SSSR count). The summed E-state index contributed by atoms with van der Waals surface area (Å²) in [6, 6.07) is 0.589. The van der Waals surface area contributed by atoms with E-state index in [1.807, 2.05) is 6.08 Å². The lowest BCUT2D eigenvalue weighted by Crippen LogP contribution is -2.45. The van der Waals surface area contributed by atoms with Crippen LogP contribution in [-0.4, -0.2) is 39.9 Å². The average molecular weight is 444 g/mol. The maximum atomic E-state index is 4.73. The van der Waals surface area contributed by atoms with Gasteiger partial charge in [-0.3, -0.25) is 4.99 Å². The molecule has 2 saturated carbocycles. The molecule has 1 aromatic rings. The standard InChI is InChI=1S/C17H28N6.HI/c1-3-7-18-17(21-15-11-13-5-6-14(15)10-13)19-8-9-23-12-20-22-16(23)4-2;/h3,12-15H,1,4-11H2,2H3,(H2,18,19,21);1H. The Morgan fingerprint density at radius 2 is 2.33 bits per heavy atom. The van der Waals surface area contributed by atoms with Gasteiger partial charge in [-0.25, -0.2) is 0 Å². The van der Waals surface area contributed by atoms with Crippen LogP contribution in [0.2, 0.25) is 0 Å². The maximum Gasteiger partial charge on any atom is 0.191 e. The molecule has 134 valence electrons. The molecule has 2 aliphatic rings. The summed E-state index contributed by atoms with van der Waals surface area (Å²) < 4.78 is 2.08. The molecule has 0 aromatic carbocycles. The molecule has 0 saturated heterocycles. The smallest absolute Gasteiger partial charge is 0.191 e. The molecule has 3 atom stereocenters. The van der Waals surface area contributed by atoms with Crippen LogP contribution in [0.5, 0.6) is 0 Å². The number of guanidine groups is 1. The molecule has 2 bridgehead atoms. The van der Waals surface area contributed by atoms with Gasteiger partial charge in [-0.1, -0.05) is 19.4 Å². The summed E-state index contributed by atoms with van der Waals surface area (Å²) in [6.07, 6.45) is 10.0.